The van der Waals surface area contributed by atoms with E-state index in [1.807, 2.05) is 13.0 Å². The molecule has 118 valence electrons. The van der Waals surface area contributed by atoms with Gasteiger partial charge in [-0.25, -0.2) is 23.1 Å². The lowest BCUT2D eigenvalue weighted by atomic mass is 10.1. The van der Waals surface area contributed by atoms with Gasteiger partial charge in [0.15, 0.2) is 0 Å². The summed E-state index contributed by atoms with van der Waals surface area (Å²) in [5.74, 6) is 0.854. The molecule has 0 unspecified atom stereocenters. The van der Waals surface area contributed by atoms with Crippen LogP contribution in [0.2, 0.25) is 0 Å². The zero-order valence-electron chi connectivity index (χ0n) is 12.4. The SMILES string of the molecule is Cc1cc(Br)c2ncnc(N3CC[C@H](NS(C)(=O)=O)C3)c2c1. The van der Waals surface area contributed by atoms with Crippen molar-refractivity contribution in [3.8, 4) is 0 Å². The van der Waals surface area contributed by atoms with Gasteiger partial charge in [0.05, 0.1) is 11.8 Å². The van der Waals surface area contributed by atoms with Gasteiger partial charge in [0, 0.05) is 29.0 Å². The maximum atomic E-state index is 11.4. The molecule has 0 bridgehead atoms. The molecule has 1 atom stereocenters. The first kappa shape index (κ1) is 15.6. The van der Waals surface area contributed by atoms with Crippen molar-refractivity contribution in [3.63, 3.8) is 0 Å². The van der Waals surface area contributed by atoms with Gasteiger partial charge in [-0.3, -0.25) is 0 Å². The van der Waals surface area contributed by atoms with E-state index in [0.717, 1.165) is 39.7 Å². The highest BCUT2D eigenvalue weighted by atomic mass is 79.9. The molecule has 3 rings (SSSR count). The van der Waals surface area contributed by atoms with Crippen molar-refractivity contribution in [2.24, 2.45) is 0 Å². The number of benzene rings is 1. The Bertz CT molecular complexity index is 825. The van der Waals surface area contributed by atoms with E-state index in [9.17, 15) is 8.42 Å². The number of sulfonamides is 1. The minimum Gasteiger partial charge on any atom is -0.354 e. The summed E-state index contributed by atoms with van der Waals surface area (Å²) >= 11 is 3.54. The summed E-state index contributed by atoms with van der Waals surface area (Å²) in [6.45, 7) is 3.41. The first-order chi connectivity index (χ1) is 10.3. The van der Waals surface area contributed by atoms with Gasteiger partial charge in [0.1, 0.15) is 12.1 Å². The average Bonchev–Trinajstić information content (AvgIpc) is 2.84. The number of rotatable bonds is 3. The number of anilines is 1. The number of hydrogen-bond donors (Lipinski definition) is 1. The predicted octanol–water partition coefficient (Wildman–Crippen LogP) is 1.83. The Hall–Kier alpha value is -1.25. The number of aryl methyl sites for hydroxylation is 1. The summed E-state index contributed by atoms with van der Waals surface area (Å²) in [7, 11) is -3.19. The normalized spacial score (nSPS) is 19.0. The monoisotopic (exact) mass is 384 g/mol. The Kier molecular flexibility index (Phi) is 4.09. The molecule has 8 heteroatoms. The van der Waals surface area contributed by atoms with Crippen LogP contribution in [0.5, 0.6) is 0 Å². The van der Waals surface area contributed by atoms with Crippen LogP contribution in [0, 0.1) is 6.92 Å². The minimum atomic E-state index is -3.19. The summed E-state index contributed by atoms with van der Waals surface area (Å²) in [4.78, 5) is 10.9. The number of nitrogens with zero attached hydrogens (tertiary/aromatic N) is 3. The second-order valence-corrected chi connectivity index (χ2v) is 8.30. The summed E-state index contributed by atoms with van der Waals surface area (Å²) in [6.07, 6.45) is 3.51. The fraction of sp³-hybridized carbons (Fsp3) is 0.429. The lowest BCUT2D eigenvalue weighted by Crippen LogP contribution is -2.36. The molecular weight excluding hydrogens is 368 g/mol. The molecule has 1 aliphatic heterocycles. The minimum absolute atomic E-state index is 0.0757. The van der Waals surface area contributed by atoms with Crippen LogP contribution < -0.4 is 9.62 Å². The number of aromatic nitrogens is 2. The highest BCUT2D eigenvalue weighted by Gasteiger charge is 2.27. The van der Waals surface area contributed by atoms with Crippen LogP contribution in [-0.4, -0.2) is 43.8 Å². The second kappa shape index (κ2) is 5.75. The lowest BCUT2D eigenvalue weighted by molar-refractivity contribution is 0.567. The third kappa shape index (κ3) is 3.23. The molecule has 2 aromatic rings. The fourth-order valence-electron chi connectivity index (χ4n) is 2.85. The number of hydrogen-bond acceptors (Lipinski definition) is 5. The quantitative estimate of drug-likeness (QED) is 0.873. The number of halogens is 1. The predicted molar refractivity (Wildman–Crippen MR) is 90.6 cm³/mol. The van der Waals surface area contributed by atoms with Crippen molar-refractivity contribution in [1.29, 1.82) is 0 Å². The lowest BCUT2D eigenvalue weighted by Gasteiger charge is -2.19. The first-order valence-corrected chi connectivity index (χ1v) is 9.65. The third-order valence-electron chi connectivity index (χ3n) is 3.68. The maximum absolute atomic E-state index is 11.4. The van der Waals surface area contributed by atoms with E-state index in [2.05, 4.69) is 41.6 Å². The molecule has 6 nitrogen and oxygen atoms in total. The zero-order chi connectivity index (χ0) is 15.9. The maximum Gasteiger partial charge on any atom is 0.209 e. The largest absolute Gasteiger partial charge is 0.354 e. The number of fused-ring (bicyclic) bond motifs is 1. The Balaban J connectivity index is 1.95. The van der Waals surface area contributed by atoms with Gasteiger partial charge < -0.3 is 4.90 Å². The van der Waals surface area contributed by atoms with Gasteiger partial charge in [-0.2, -0.15) is 0 Å². The molecule has 0 aliphatic carbocycles. The van der Waals surface area contributed by atoms with Crippen LogP contribution in [0.1, 0.15) is 12.0 Å². The van der Waals surface area contributed by atoms with Crippen molar-refractivity contribution < 1.29 is 8.42 Å². The van der Waals surface area contributed by atoms with Crippen molar-refractivity contribution in [2.45, 2.75) is 19.4 Å². The average molecular weight is 385 g/mol. The number of nitrogens with one attached hydrogen (secondary N) is 1. The molecule has 22 heavy (non-hydrogen) atoms. The Labute approximate surface area is 138 Å². The molecule has 1 aromatic heterocycles. The first-order valence-electron chi connectivity index (χ1n) is 6.96. The van der Waals surface area contributed by atoms with E-state index in [0.29, 0.717) is 6.54 Å². The zero-order valence-corrected chi connectivity index (χ0v) is 14.8. The third-order valence-corrected chi connectivity index (χ3v) is 5.05. The highest BCUT2D eigenvalue weighted by molar-refractivity contribution is 9.10. The van der Waals surface area contributed by atoms with Gasteiger partial charge in [0.25, 0.3) is 0 Å². The molecule has 1 fully saturated rings. The molecule has 0 radical (unpaired) electrons. The van der Waals surface area contributed by atoms with E-state index in [1.165, 1.54) is 6.26 Å². The van der Waals surface area contributed by atoms with Gasteiger partial charge >= 0.3 is 0 Å². The molecule has 0 spiro atoms. The highest BCUT2D eigenvalue weighted by Crippen LogP contribution is 2.31. The topological polar surface area (TPSA) is 75.2 Å². The van der Waals surface area contributed by atoms with Crippen LogP contribution in [0.3, 0.4) is 0 Å². The van der Waals surface area contributed by atoms with Crippen LogP contribution in [0.15, 0.2) is 22.9 Å². The van der Waals surface area contributed by atoms with Crippen LogP contribution in [0.4, 0.5) is 5.82 Å². The van der Waals surface area contributed by atoms with Crippen LogP contribution in [0.25, 0.3) is 10.9 Å². The molecule has 0 saturated carbocycles. The van der Waals surface area contributed by atoms with E-state index in [1.54, 1.807) is 6.33 Å². The van der Waals surface area contributed by atoms with E-state index in [-0.39, 0.29) is 6.04 Å². The molecular formula is C14H17BrN4O2S. The molecule has 2 heterocycles. The summed E-state index contributed by atoms with van der Waals surface area (Å²) in [5, 5.41) is 0.981. The second-order valence-electron chi connectivity index (χ2n) is 5.66. The van der Waals surface area contributed by atoms with E-state index in [4.69, 9.17) is 0 Å². The summed E-state index contributed by atoms with van der Waals surface area (Å²) < 4.78 is 26.3. The van der Waals surface area contributed by atoms with Gasteiger partial charge in [0.2, 0.25) is 10.0 Å². The molecule has 1 aliphatic rings. The molecule has 0 amide bonds. The molecule has 1 aromatic carbocycles. The smallest absolute Gasteiger partial charge is 0.209 e. The standard InChI is InChI=1S/C14H17BrN4O2S/c1-9-5-11-13(12(15)6-9)16-8-17-14(11)19-4-3-10(7-19)18-22(2,20)21/h5-6,8,10,18H,3-4,7H2,1-2H3/t10-/m0/s1. The van der Waals surface area contributed by atoms with Crippen LogP contribution >= 0.6 is 15.9 Å². The fourth-order valence-corrected chi connectivity index (χ4v) is 4.33. The Morgan fingerprint density at radius 2 is 2.14 bits per heavy atom. The van der Waals surface area contributed by atoms with Crippen molar-refractivity contribution >= 4 is 42.7 Å². The van der Waals surface area contributed by atoms with Crippen LogP contribution in [-0.2, 0) is 10.0 Å². The molecule has 1 saturated heterocycles. The Morgan fingerprint density at radius 3 is 2.86 bits per heavy atom. The van der Waals surface area contributed by atoms with E-state index < -0.39 is 10.0 Å². The van der Waals surface area contributed by atoms with Gasteiger partial charge in [-0.1, -0.05) is 0 Å². The van der Waals surface area contributed by atoms with Gasteiger partial charge in [-0.15, -0.1) is 0 Å². The Morgan fingerprint density at radius 1 is 1.36 bits per heavy atom. The van der Waals surface area contributed by atoms with E-state index >= 15 is 0 Å². The van der Waals surface area contributed by atoms with Gasteiger partial charge in [-0.05, 0) is 47.0 Å². The van der Waals surface area contributed by atoms with Crippen molar-refractivity contribution in [3.05, 3.63) is 28.5 Å². The van der Waals surface area contributed by atoms with Crippen molar-refractivity contribution in [2.75, 3.05) is 24.2 Å². The molecule has 1 N–H and O–H groups in total. The summed E-state index contributed by atoms with van der Waals surface area (Å²) in [6, 6.07) is 4.01. The van der Waals surface area contributed by atoms with Crippen molar-refractivity contribution in [1.82, 2.24) is 14.7 Å². The summed E-state index contributed by atoms with van der Waals surface area (Å²) in [5.41, 5.74) is 2.00.